The molecule has 0 fully saturated rings. The largest absolute Gasteiger partial charge is 0.292 e. The molecule has 1 atom stereocenters. The summed E-state index contributed by atoms with van der Waals surface area (Å²) >= 11 is 8.15. The summed E-state index contributed by atoms with van der Waals surface area (Å²) in [5, 5.41) is 15.0. The van der Waals surface area contributed by atoms with Crippen LogP contribution in [0.2, 0.25) is 5.02 Å². The van der Waals surface area contributed by atoms with E-state index in [1.165, 1.54) is 17.3 Å². The van der Waals surface area contributed by atoms with Crippen molar-refractivity contribution in [3.05, 3.63) is 130 Å². The molecule has 0 amide bonds. The Labute approximate surface area is 237 Å². The van der Waals surface area contributed by atoms with Crippen LogP contribution in [-0.4, -0.2) is 16.5 Å². The molecule has 4 aromatic carbocycles. The third-order valence-corrected chi connectivity index (χ3v) is 8.70. The Morgan fingerprint density at radius 3 is 2.18 bits per heavy atom. The minimum atomic E-state index is -1.02. The van der Waals surface area contributed by atoms with Crippen LogP contribution in [0.15, 0.2) is 113 Å². The number of anilines is 2. The van der Waals surface area contributed by atoms with Crippen LogP contribution in [0.25, 0.3) is 0 Å². The molecule has 0 unspecified atom stereocenters. The van der Waals surface area contributed by atoms with E-state index < -0.39 is 4.99 Å². The SMILES string of the molecule is CC(=O)C1=NN(c2ccccc2Cl)[C@@]2(S1)c1ccccc1C(c1ccc(C(C)C)cc1)=NN2c1ccccc1. The molecule has 0 bridgehead atoms. The number of para-hydroxylation sites is 2. The van der Waals surface area contributed by atoms with E-state index in [-0.39, 0.29) is 5.78 Å². The van der Waals surface area contributed by atoms with Gasteiger partial charge in [0.25, 0.3) is 0 Å². The van der Waals surface area contributed by atoms with Gasteiger partial charge >= 0.3 is 0 Å². The fraction of sp³-hybridized carbons (Fsp3) is 0.156. The average molecular weight is 551 g/mol. The summed E-state index contributed by atoms with van der Waals surface area (Å²) in [5.41, 5.74) is 6.65. The quantitative estimate of drug-likeness (QED) is 0.252. The highest BCUT2D eigenvalue weighted by Crippen LogP contribution is 2.55. The summed E-state index contributed by atoms with van der Waals surface area (Å²) in [6.45, 7) is 5.93. The van der Waals surface area contributed by atoms with Gasteiger partial charge in [-0.3, -0.25) is 4.79 Å². The zero-order valence-corrected chi connectivity index (χ0v) is 23.4. The minimum absolute atomic E-state index is 0.113. The Bertz CT molecular complexity index is 1620. The second kappa shape index (κ2) is 10.0. The van der Waals surface area contributed by atoms with Crippen LogP contribution < -0.4 is 10.0 Å². The number of fused-ring (bicyclic) bond motifs is 2. The van der Waals surface area contributed by atoms with Gasteiger partial charge < -0.3 is 0 Å². The zero-order chi connectivity index (χ0) is 27.1. The normalized spacial score (nSPS) is 18.3. The molecule has 2 aliphatic rings. The predicted octanol–water partition coefficient (Wildman–Crippen LogP) is 8.00. The van der Waals surface area contributed by atoms with E-state index in [9.17, 15) is 4.79 Å². The summed E-state index contributed by atoms with van der Waals surface area (Å²) in [6.07, 6.45) is 0. The van der Waals surface area contributed by atoms with Crippen molar-refractivity contribution in [3.63, 3.8) is 0 Å². The first-order chi connectivity index (χ1) is 18.9. The first-order valence-corrected chi connectivity index (χ1v) is 14.1. The first-order valence-electron chi connectivity index (χ1n) is 12.9. The van der Waals surface area contributed by atoms with Crippen molar-refractivity contribution < 1.29 is 4.79 Å². The summed E-state index contributed by atoms with van der Waals surface area (Å²) in [4.78, 5) is 11.8. The van der Waals surface area contributed by atoms with Crippen LogP contribution >= 0.6 is 23.4 Å². The highest BCUT2D eigenvalue weighted by molar-refractivity contribution is 8.17. The number of halogens is 1. The van der Waals surface area contributed by atoms with Crippen LogP contribution in [0.3, 0.4) is 0 Å². The van der Waals surface area contributed by atoms with Gasteiger partial charge in [0.05, 0.1) is 22.1 Å². The molecular weight excluding hydrogens is 524 g/mol. The topological polar surface area (TPSA) is 48.3 Å². The molecular formula is C32H27ClN4OS. The molecule has 7 heteroatoms. The Morgan fingerprint density at radius 2 is 1.49 bits per heavy atom. The third-order valence-electron chi connectivity index (χ3n) is 6.97. The number of nitrogens with zero attached hydrogens (tertiary/aromatic N) is 4. The molecule has 0 saturated heterocycles. The highest BCUT2D eigenvalue weighted by atomic mass is 35.5. The molecule has 1 spiro atoms. The van der Waals surface area contributed by atoms with Crippen molar-refractivity contribution in [2.24, 2.45) is 10.2 Å². The molecule has 194 valence electrons. The van der Waals surface area contributed by atoms with Crippen molar-refractivity contribution in [2.45, 2.75) is 31.7 Å². The maximum absolute atomic E-state index is 12.8. The number of thioether (sulfide) groups is 1. The number of carbonyl (C=O) groups excluding carboxylic acids is 1. The fourth-order valence-corrected chi connectivity index (χ4v) is 6.49. The summed E-state index contributed by atoms with van der Waals surface area (Å²) in [6, 6.07) is 34.4. The molecule has 39 heavy (non-hydrogen) atoms. The van der Waals surface area contributed by atoms with Crippen molar-refractivity contribution in [1.29, 1.82) is 0 Å². The lowest BCUT2D eigenvalue weighted by Gasteiger charge is -2.47. The Hall–Kier alpha value is -3.87. The monoisotopic (exact) mass is 550 g/mol. The number of ketones is 1. The molecule has 0 saturated carbocycles. The third kappa shape index (κ3) is 4.24. The second-order valence-electron chi connectivity index (χ2n) is 9.85. The average Bonchev–Trinajstić information content (AvgIpc) is 3.35. The molecule has 4 aromatic rings. The maximum atomic E-state index is 12.8. The van der Waals surface area contributed by atoms with E-state index in [4.69, 9.17) is 21.8 Å². The number of hydrogen-bond donors (Lipinski definition) is 0. The molecule has 0 radical (unpaired) electrons. The van der Waals surface area contributed by atoms with E-state index in [1.807, 2.05) is 76.7 Å². The Morgan fingerprint density at radius 1 is 0.821 bits per heavy atom. The molecule has 5 nitrogen and oxygen atoms in total. The van der Waals surface area contributed by atoms with Gasteiger partial charge in [0, 0.05) is 23.6 Å². The van der Waals surface area contributed by atoms with Gasteiger partial charge in [-0.05, 0) is 47.5 Å². The molecule has 0 N–H and O–H groups in total. The summed E-state index contributed by atoms with van der Waals surface area (Å²) < 4.78 is 0. The van der Waals surface area contributed by atoms with Crippen LogP contribution in [0.1, 0.15) is 48.9 Å². The molecule has 2 aliphatic heterocycles. The fourth-order valence-electron chi connectivity index (χ4n) is 4.99. The van der Waals surface area contributed by atoms with Crippen LogP contribution in [0, 0.1) is 0 Å². The van der Waals surface area contributed by atoms with Crippen molar-refractivity contribution in [3.8, 4) is 0 Å². The molecule has 0 aliphatic carbocycles. The maximum Gasteiger partial charge on any atom is 0.234 e. The number of carbonyl (C=O) groups is 1. The van der Waals surface area contributed by atoms with Crippen molar-refractivity contribution >= 4 is 51.3 Å². The van der Waals surface area contributed by atoms with E-state index in [2.05, 4.69) is 50.2 Å². The Kier molecular flexibility index (Phi) is 6.53. The first kappa shape index (κ1) is 25.4. The van der Waals surface area contributed by atoms with Crippen molar-refractivity contribution in [1.82, 2.24) is 0 Å². The van der Waals surface area contributed by atoms with Crippen LogP contribution in [0.5, 0.6) is 0 Å². The van der Waals surface area contributed by atoms with Gasteiger partial charge in [-0.25, -0.2) is 10.0 Å². The van der Waals surface area contributed by atoms with Gasteiger partial charge in [-0.1, -0.05) is 104 Å². The molecule has 6 rings (SSSR count). The second-order valence-corrected chi connectivity index (χ2v) is 11.4. The van der Waals surface area contributed by atoms with Gasteiger partial charge in [0.1, 0.15) is 0 Å². The molecule has 0 aromatic heterocycles. The Balaban J connectivity index is 1.64. The lowest BCUT2D eigenvalue weighted by molar-refractivity contribution is -0.110. The number of hydrogen-bond acceptors (Lipinski definition) is 6. The lowest BCUT2D eigenvalue weighted by Crippen LogP contribution is -2.54. The van der Waals surface area contributed by atoms with Crippen LogP contribution in [-0.2, 0) is 9.79 Å². The summed E-state index contributed by atoms with van der Waals surface area (Å²) in [7, 11) is 0. The molecule has 2 heterocycles. The summed E-state index contributed by atoms with van der Waals surface area (Å²) in [5.74, 6) is 0.323. The minimum Gasteiger partial charge on any atom is -0.292 e. The van der Waals surface area contributed by atoms with E-state index >= 15 is 0 Å². The van der Waals surface area contributed by atoms with Gasteiger partial charge in [-0.2, -0.15) is 10.2 Å². The zero-order valence-electron chi connectivity index (χ0n) is 21.9. The number of rotatable bonds is 5. The number of hydrazone groups is 2. The van der Waals surface area contributed by atoms with E-state index in [1.54, 1.807) is 6.92 Å². The van der Waals surface area contributed by atoms with Crippen LogP contribution in [0.4, 0.5) is 11.4 Å². The smallest absolute Gasteiger partial charge is 0.234 e. The van der Waals surface area contributed by atoms with Gasteiger partial charge in [0.15, 0.2) is 10.8 Å². The number of benzene rings is 4. The van der Waals surface area contributed by atoms with Crippen molar-refractivity contribution in [2.75, 3.05) is 10.0 Å². The van der Waals surface area contributed by atoms with E-state index in [0.717, 1.165) is 28.1 Å². The standard InChI is InChI=1S/C32H27ClN4OS/c1-21(2)23-17-19-24(20-18-23)30-26-13-7-8-14-27(26)32(36(34-30)25-11-5-4-6-12-25)37(35-31(39-32)22(3)38)29-16-10-9-15-28(29)33/h4-21H,1-3H3/t32-/m1/s1. The van der Waals surface area contributed by atoms with Gasteiger partial charge in [0.2, 0.25) is 4.99 Å². The number of Topliss-reactive ketones (excluding diaryl/α,β-unsaturated/α-hetero) is 1. The van der Waals surface area contributed by atoms with Gasteiger partial charge in [-0.15, -0.1) is 0 Å². The predicted molar refractivity (Wildman–Crippen MR) is 163 cm³/mol. The van der Waals surface area contributed by atoms with E-state index in [0.29, 0.717) is 21.7 Å². The highest BCUT2D eigenvalue weighted by Gasteiger charge is 2.56. The lowest BCUT2D eigenvalue weighted by atomic mass is 9.92.